The van der Waals surface area contributed by atoms with Crippen LogP contribution in [0.25, 0.3) is 0 Å². The molecule has 0 radical (unpaired) electrons. The smallest absolute Gasteiger partial charge is 0.254 e. The van der Waals surface area contributed by atoms with E-state index in [1.807, 2.05) is 6.08 Å². The van der Waals surface area contributed by atoms with Crippen LogP contribution >= 0.6 is 0 Å². The molecule has 5 rings (SSSR count). The lowest BCUT2D eigenvalue weighted by Gasteiger charge is -2.49. The molecule has 0 aromatic carbocycles. The van der Waals surface area contributed by atoms with Gasteiger partial charge in [-0.15, -0.1) is 0 Å². The number of rotatable bonds is 12. The van der Waals surface area contributed by atoms with Crippen LogP contribution in [-0.2, 0) is 23.7 Å². The number of aliphatic hydroxyl groups excluding tert-OH is 2. The first kappa shape index (κ1) is 36.1. The van der Waals surface area contributed by atoms with Gasteiger partial charge in [-0.2, -0.15) is 0 Å². The summed E-state index contributed by atoms with van der Waals surface area (Å²) in [6.07, 6.45) is -3.08. The molecule has 18 nitrogen and oxygen atoms in total. The third-order valence-electron chi connectivity index (χ3n) is 9.95. The number of carbonyl (C=O) groups is 1. The van der Waals surface area contributed by atoms with Crippen LogP contribution in [0.2, 0.25) is 0 Å². The van der Waals surface area contributed by atoms with Crippen molar-refractivity contribution in [3.8, 4) is 0 Å². The molecule has 0 aromatic heterocycles. The van der Waals surface area contributed by atoms with Crippen molar-refractivity contribution in [2.75, 3.05) is 26.7 Å². The van der Waals surface area contributed by atoms with E-state index in [2.05, 4.69) is 21.3 Å². The van der Waals surface area contributed by atoms with E-state index < -0.39 is 90.3 Å². The number of nitrogens with one attached hydrogen (secondary N) is 5. The van der Waals surface area contributed by atoms with E-state index in [9.17, 15) is 25.2 Å². The molecule has 3 saturated carbocycles. The largest absolute Gasteiger partial charge is 0.467 e. The summed E-state index contributed by atoms with van der Waals surface area (Å²) < 4.78 is 24.1. The van der Waals surface area contributed by atoms with Gasteiger partial charge in [-0.25, -0.2) is 0 Å². The number of ether oxygens (including phenoxy) is 4. The van der Waals surface area contributed by atoms with E-state index in [0.29, 0.717) is 24.6 Å². The van der Waals surface area contributed by atoms with E-state index >= 15 is 0 Å². The molecule has 0 aromatic rings. The first-order chi connectivity index (χ1) is 22.1. The average Bonchev–Trinajstić information content (AvgIpc) is 3.63. The maximum atomic E-state index is 13.2. The van der Waals surface area contributed by atoms with Crippen LogP contribution in [0, 0.1) is 11.3 Å². The van der Waals surface area contributed by atoms with Gasteiger partial charge in [-0.1, -0.05) is 0 Å². The van der Waals surface area contributed by atoms with Crippen molar-refractivity contribution in [1.29, 1.82) is 5.41 Å². The minimum absolute atomic E-state index is 0.0101. The fraction of sp³-hybridized carbons (Fsp3) is 0.862. The molecule has 4 fully saturated rings. The zero-order chi connectivity index (χ0) is 34.3. The minimum Gasteiger partial charge on any atom is -0.467 e. The number of aliphatic hydroxyl groups is 4. The van der Waals surface area contributed by atoms with Gasteiger partial charge in [-0.3, -0.25) is 10.2 Å². The first-order valence-corrected chi connectivity index (χ1v) is 16.3. The molecule has 2 aliphatic heterocycles. The van der Waals surface area contributed by atoms with Gasteiger partial charge < -0.3 is 83.6 Å². The molecule has 13 atom stereocenters. The van der Waals surface area contributed by atoms with Crippen molar-refractivity contribution in [2.45, 2.75) is 123 Å². The van der Waals surface area contributed by atoms with E-state index in [4.69, 9.17) is 47.3 Å². The maximum Gasteiger partial charge on any atom is 0.254 e. The third-order valence-corrected chi connectivity index (χ3v) is 9.95. The van der Waals surface area contributed by atoms with Crippen molar-refractivity contribution < 1.29 is 44.2 Å². The van der Waals surface area contributed by atoms with E-state index in [-0.39, 0.29) is 25.5 Å². The fourth-order valence-corrected chi connectivity index (χ4v) is 7.03. The van der Waals surface area contributed by atoms with E-state index in [1.54, 1.807) is 7.05 Å². The second-order valence-corrected chi connectivity index (χ2v) is 14.0. The van der Waals surface area contributed by atoms with Crippen LogP contribution in [0.4, 0.5) is 0 Å². The summed E-state index contributed by atoms with van der Waals surface area (Å²) in [7, 11) is 1.57. The van der Waals surface area contributed by atoms with Crippen LogP contribution in [0.1, 0.15) is 39.0 Å². The van der Waals surface area contributed by atoms with Crippen LogP contribution in [0.5, 0.6) is 0 Å². The van der Waals surface area contributed by atoms with Crippen molar-refractivity contribution in [3.05, 3.63) is 11.8 Å². The fourth-order valence-electron chi connectivity index (χ4n) is 7.03. The Labute approximate surface area is 273 Å². The second-order valence-electron chi connectivity index (χ2n) is 14.0. The van der Waals surface area contributed by atoms with Crippen molar-refractivity contribution >= 4 is 11.9 Å². The molecule has 1 amide bonds. The normalized spacial score (nSPS) is 46.4. The van der Waals surface area contributed by atoms with Crippen LogP contribution in [0.15, 0.2) is 11.8 Å². The molecule has 268 valence electrons. The lowest BCUT2D eigenvalue weighted by Crippen LogP contribution is -2.69. The molecule has 3 aliphatic carbocycles. The van der Waals surface area contributed by atoms with Crippen molar-refractivity contribution in [1.82, 2.24) is 21.3 Å². The molecular formula is C29H53N9O9. The molecule has 5 aliphatic rings. The summed E-state index contributed by atoms with van der Waals surface area (Å²) in [6.45, 7) is 2.58. The number of nitrogens with two attached hydrogens (primary N) is 4. The van der Waals surface area contributed by atoms with Gasteiger partial charge in [0.1, 0.15) is 35.8 Å². The highest BCUT2D eigenvalue weighted by Gasteiger charge is 2.61. The Morgan fingerprint density at radius 3 is 2.43 bits per heavy atom. The predicted octanol–water partition coefficient (Wildman–Crippen LogP) is -5.34. The first-order valence-electron chi connectivity index (χ1n) is 16.3. The zero-order valence-corrected chi connectivity index (χ0v) is 26.9. The summed E-state index contributed by atoms with van der Waals surface area (Å²) in [5.74, 6) is 0.00165. The molecule has 47 heavy (non-hydrogen) atoms. The number of guanidine groups is 1. The molecule has 17 N–H and O–H groups in total. The standard InChI is InChI=1S/C29H53N9O9/c1-28(42)11-44-25(20(40)23(28)35-2)47-22-17(37-26(41)29(43)8-18(29)38-27(33)34)7-16(32)21(19(22)39)46-24-15(31)4-3-14(45-24)10-36-9-12-5-13(30)6-12/h3,12-13,15-25,35-36,39-40,42-43H,4-11,30-32H2,1-2H3,(H,37,41)(H4,33,34,38)/t12?,13?,15-,16+,17-,18?,19+,20-,21?,22+,23-,24-,25-,28+,29?/m1/s1. The van der Waals surface area contributed by atoms with Gasteiger partial charge in [0.15, 0.2) is 17.9 Å². The van der Waals surface area contributed by atoms with Gasteiger partial charge in [0, 0.05) is 18.5 Å². The third kappa shape index (κ3) is 8.00. The highest BCUT2D eigenvalue weighted by atomic mass is 16.7. The number of hydrogen-bond acceptors (Lipinski definition) is 15. The molecule has 0 bridgehead atoms. The second kappa shape index (κ2) is 14.3. The Kier molecular flexibility index (Phi) is 11.0. The maximum absolute atomic E-state index is 13.2. The summed E-state index contributed by atoms with van der Waals surface area (Å²) in [6, 6.07) is -3.72. The summed E-state index contributed by atoms with van der Waals surface area (Å²) >= 11 is 0. The van der Waals surface area contributed by atoms with E-state index in [1.165, 1.54) is 6.92 Å². The Morgan fingerprint density at radius 2 is 1.77 bits per heavy atom. The molecule has 3 unspecified atom stereocenters. The molecule has 18 heteroatoms. The topological polar surface area (TPSA) is 311 Å². The van der Waals surface area contributed by atoms with Crippen molar-refractivity contribution in [2.24, 2.45) is 28.9 Å². The number of carbonyl (C=O) groups excluding carboxylic acids is 1. The van der Waals surface area contributed by atoms with Gasteiger partial charge >= 0.3 is 0 Å². The van der Waals surface area contributed by atoms with Crippen LogP contribution in [0.3, 0.4) is 0 Å². The molecule has 2 heterocycles. The minimum atomic E-state index is -1.85. The Hall–Kier alpha value is -2.20. The average molecular weight is 672 g/mol. The molecule has 0 spiro atoms. The number of likely N-dealkylation sites (N-methyl/N-ethyl adjacent to an activating group) is 1. The SMILES string of the molecule is CN[C@@H]1[C@@H](O)[C@@H](O[C@H]2[C@H](NC(=O)C3(O)CC3NC(=N)N)C[C@H](N)C(O[C@H]3OC(CNCC4CC(N)C4)=CC[C@H]3N)[C@@H]2O)OC[C@]1(C)O. The summed E-state index contributed by atoms with van der Waals surface area (Å²) in [5, 5.41) is 63.2. The van der Waals surface area contributed by atoms with Gasteiger partial charge in [0.05, 0.1) is 37.3 Å². The molecular weight excluding hydrogens is 618 g/mol. The number of amides is 1. The Morgan fingerprint density at radius 1 is 1.06 bits per heavy atom. The lowest BCUT2D eigenvalue weighted by molar-refractivity contribution is -0.304. The Bertz CT molecular complexity index is 1160. The van der Waals surface area contributed by atoms with Gasteiger partial charge in [0.2, 0.25) is 6.29 Å². The summed E-state index contributed by atoms with van der Waals surface area (Å²) in [4.78, 5) is 13.2. The monoisotopic (exact) mass is 671 g/mol. The highest BCUT2D eigenvalue weighted by Crippen LogP contribution is 2.38. The predicted molar refractivity (Wildman–Crippen MR) is 167 cm³/mol. The lowest BCUT2D eigenvalue weighted by atomic mass is 9.81. The quantitative estimate of drug-likeness (QED) is 0.0680. The number of hydrogen-bond donors (Lipinski definition) is 13. The highest BCUT2D eigenvalue weighted by molar-refractivity contribution is 5.91. The van der Waals surface area contributed by atoms with E-state index in [0.717, 1.165) is 19.4 Å². The summed E-state index contributed by atoms with van der Waals surface area (Å²) in [5.41, 5.74) is 20.9. The van der Waals surface area contributed by atoms with Gasteiger partial charge in [0.25, 0.3) is 5.91 Å². The van der Waals surface area contributed by atoms with Gasteiger partial charge in [-0.05, 0) is 58.2 Å². The Balaban J connectivity index is 1.28. The zero-order valence-electron chi connectivity index (χ0n) is 26.9. The van der Waals surface area contributed by atoms with Crippen molar-refractivity contribution in [3.63, 3.8) is 0 Å². The van der Waals surface area contributed by atoms with Crippen LogP contribution < -0.4 is 44.2 Å². The molecule has 1 saturated heterocycles. The van der Waals surface area contributed by atoms with Crippen LogP contribution in [-0.4, -0.2) is 143 Å².